The molecule has 1 aromatic carbocycles. The van der Waals surface area contributed by atoms with E-state index in [2.05, 4.69) is 15.0 Å². The van der Waals surface area contributed by atoms with E-state index in [0.717, 1.165) is 16.7 Å². The smallest absolute Gasteiger partial charge is 0.162 e. The highest BCUT2D eigenvalue weighted by Gasteiger charge is 2.13. The van der Waals surface area contributed by atoms with Crippen molar-refractivity contribution in [1.82, 2.24) is 15.0 Å². The van der Waals surface area contributed by atoms with Gasteiger partial charge in [0.1, 0.15) is 10.3 Å². The van der Waals surface area contributed by atoms with Gasteiger partial charge in [-0.25, -0.2) is 9.97 Å². The van der Waals surface area contributed by atoms with Crippen molar-refractivity contribution in [2.75, 3.05) is 0 Å². The molecule has 0 fully saturated rings. The summed E-state index contributed by atoms with van der Waals surface area (Å²) in [6, 6.07) is 13.6. The van der Waals surface area contributed by atoms with E-state index in [9.17, 15) is 0 Å². The molecule has 0 saturated carbocycles. The molecule has 2 aromatic heterocycles. The van der Waals surface area contributed by atoms with E-state index in [-0.39, 0.29) is 0 Å². The Morgan fingerprint density at radius 2 is 1.43 bits per heavy atom. The third-order valence-corrected chi connectivity index (χ3v) is 3.69. The van der Waals surface area contributed by atoms with Crippen LogP contribution < -0.4 is 0 Å². The maximum atomic E-state index is 6.28. The zero-order valence-corrected chi connectivity index (χ0v) is 12.5. The molecule has 0 saturated heterocycles. The van der Waals surface area contributed by atoms with Crippen molar-refractivity contribution in [3.05, 3.63) is 76.3 Å². The Kier molecular flexibility index (Phi) is 4.13. The van der Waals surface area contributed by atoms with Crippen molar-refractivity contribution in [2.24, 2.45) is 0 Å². The molecule has 0 bridgehead atoms. The van der Waals surface area contributed by atoms with E-state index in [0.29, 0.717) is 22.6 Å². The second-order valence-corrected chi connectivity index (χ2v) is 5.22. The summed E-state index contributed by atoms with van der Waals surface area (Å²) in [5, 5.41) is 0.760. The molecule has 0 spiro atoms. The summed E-state index contributed by atoms with van der Waals surface area (Å²) >= 11 is 12.6. The summed E-state index contributed by atoms with van der Waals surface area (Å²) in [6.07, 6.45) is 3.96. The summed E-state index contributed by atoms with van der Waals surface area (Å²) in [6.45, 7) is 0. The molecule has 3 aromatic rings. The van der Waals surface area contributed by atoms with E-state index >= 15 is 0 Å². The van der Waals surface area contributed by atoms with Crippen molar-refractivity contribution < 1.29 is 0 Å². The minimum absolute atomic E-state index is 0.380. The monoisotopic (exact) mass is 315 g/mol. The maximum absolute atomic E-state index is 6.28. The zero-order chi connectivity index (χ0) is 14.7. The van der Waals surface area contributed by atoms with Gasteiger partial charge in [0.15, 0.2) is 5.82 Å². The number of pyridine rings is 1. The van der Waals surface area contributed by atoms with Crippen LogP contribution in [-0.2, 0) is 6.42 Å². The predicted octanol–water partition coefficient (Wildman–Crippen LogP) is 4.44. The van der Waals surface area contributed by atoms with Crippen LogP contribution in [0.25, 0.3) is 11.4 Å². The summed E-state index contributed by atoms with van der Waals surface area (Å²) < 4.78 is 0. The van der Waals surface area contributed by atoms with Gasteiger partial charge in [-0.3, -0.25) is 4.98 Å². The van der Waals surface area contributed by atoms with Gasteiger partial charge in [0.05, 0.1) is 0 Å². The van der Waals surface area contributed by atoms with E-state index in [4.69, 9.17) is 23.2 Å². The molecule has 0 aliphatic carbocycles. The van der Waals surface area contributed by atoms with Crippen LogP contribution in [0.1, 0.15) is 11.1 Å². The Balaban J connectivity index is 1.97. The molecule has 2 heterocycles. The largest absolute Gasteiger partial charge is 0.265 e. The lowest BCUT2D eigenvalue weighted by molar-refractivity contribution is 1.08. The molecular formula is C16H11Cl2N3. The number of nitrogens with zero attached hydrogens (tertiary/aromatic N) is 3. The number of halogens is 2. The molecule has 0 radical (unpaired) electrons. The third kappa shape index (κ3) is 3.20. The first-order valence-corrected chi connectivity index (χ1v) is 7.16. The first-order valence-electron chi connectivity index (χ1n) is 6.40. The van der Waals surface area contributed by atoms with Crippen molar-refractivity contribution in [1.29, 1.82) is 0 Å². The van der Waals surface area contributed by atoms with Crippen LogP contribution in [0.15, 0.2) is 54.9 Å². The molecule has 0 aliphatic rings. The molecule has 0 N–H and O–H groups in total. The quantitative estimate of drug-likeness (QED) is 0.671. The Hall–Kier alpha value is -1.97. The van der Waals surface area contributed by atoms with Crippen LogP contribution in [0.4, 0.5) is 0 Å². The predicted molar refractivity (Wildman–Crippen MR) is 84.5 cm³/mol. The van der Waals surface area contributed by atoms with Gasteiger partial charge in [0.25, 0.3) is 0 Å². The minimum Gasteiger partial charge on any atom is -0.265 e. The molecular weight excluding hydrogens is 305 g/mol. The molecule has 0 atom stereocenters. The first kappa shape index (κ1) is 14.0. The molecule has 104 valence electrons. The SMILES string of the molecule is Clc1nc(-c2ccncc2)nc(Cl)c1Cc1ccccc1. The Morgan fingerprint density at radius 3 is 2.05 bits per heavy atom. The van der Waals surface area contributed by atoms with E-state index in [1.165, 1.54) is 0 Å². The van der Waals surface area contributed by atoms with E-state index in [1.807, 2.05) is 42.5 Å². The Morgan fingerprint density at radius 1 is 0.810 bits per heavy atom. The fourth-order valence-electron chi connectivity index (χ4n) is 2.01. The van der Waals surface area contributed by atoms with Gasteiger partial charge in [0, 0.05) is 29.9 Å². The van der Waals surface area contributed by atoms with Crippen LogP contribution in [-0.4, -0.2) is 15.0 Å². The average molecular weight is 316 g/mol. The lowest BCUT2D eigenvalue weighted by Gasteiger charge is -2.08. The summed E-state index contributed by atoms with van der Waals surface area (Å²) in [7, 11) is 0. The van der Waals surface area contributed by atoms with E-state index in [1.54, 1.807) is 12.4 Å². The van der Waals surface area contributed by atoms with Crippen molar-refractivity contribution in [3.8, 4) is 11.4 Å². The maximum Gasteiger partial charge on any atom is 0.162 e. The number of hydrogen-bond acceptors (Lipinski definition) is 3. The fourth-order valence-corrected chi connectivity index (χ4v) is 2.53. The van der Waals surface area contributed by atoms with Gasteiger partial charge in [0.2, 0.25) is 0 Å². The van der Waals surface area contributed by atoms with Crippen LogP contribution in [0.2, 0.25) is 10.3 Å². The van der Waals surface area contributed by atoms with Gasteiger partial charge in [-0.1, -0.05) is 53.5 Å². The van der Waals surface area contributed by atoms with Crippen molar-refractivity contribution in [3.63, 3.8) is 0 Å². The second kappa shape index (κ2) is 6.20. The average Bonchev–Trinajstić information content (AvgIpc) is 2.52. The summed E-state index contributed by atoms with van der Waals surface area (Å²) in [4.78, 5) is 12.7. The molecule has 3 nitrogen and oxygen atoms in total. The van der Waals surface area contributed by atoms with Crippen LogP contribution in [0, 0.1) is 0 Å². The molecule has 5 heteroatoms. The highest BCUT2D eigenvalue weighted by molar-refractivity contribution is 6.34. The molecule has 3 rings (SSSR count). The van der Waals surface area contributed by atoms with Crippen LogP contribution in [0.5, 0.6) is 0 Å². The van der Waals surface area contributed by atoms with Gasteiger partial charge in [-0.15, -0.1) is 0 Å². The molecule has 0 unspecified atom stereocenters. The standard InChI is InChI=1S/C16H11Cl2N3/c17-14-13(10-11-4-2-1-3-5-11)15(18)21-16(20-14)12-6-8-19-9-7-12/h1-9H,10H2. The molecule has 0 aliphatic heterocycles. The van der Waals surface area contributed by atoms with Gasteiger partial charge in [-0.2, -0.15) is 0 Å². The summed E-state index contributed by atoms with van der Waals surface area (Å²) in [5.41, 5.74) is 2.68. The van der Waals surface area contributed by atoms with Crippen LogP contribution >= 0.6 is 23.2 Å². The van der Waals surface area contributed by atoms with Gasteiger partial charge in [-0.05, 0) is 17.7 Å². The Labute approximate surface area is 132 Å². The lowest BCUT2D eigenvalue weighted by Crippen LogP contribution is -1.99. The van der Waals surface area contributed by atoms with Gasteiger partial charge < -0.3 is 0 Å². The highest BCUT2D eigenvalue weighted by atomic mass is 35.5. The lowest BCUT2D eigenvalue weighted by atomic mass is 10.1. The van der Waals surface area contributed by atoms with Crippen LogP contribution in [0.3, 0.4) is 0 Å². The van der Waals surface area contributed by atoms with E-state index < -0.39 is 0 Å². The molecule has 0 amide bonds. The fraction of sp³-hybridized carbons (Fsp3) is 0.0625. The number of hydrogen-bond donors (Lipinski definition) is 0. The van der Waals surface area contributed by atoms with Crippen molar-refractivity contribution >= 4 is 23.2 Å². The highest BCUT2D eigenvalue weighted by Crippen LogP contribution is 2.27. The first-order chi connectivity index (χ1) is 10.2. The number of benzene rings is 1. The third-order valence-electron chi connectivity index (χ3n) is 3.07. The Bertz CT molecular complexity index is 723. The number of aromatic nitrogens is 3. The topological polar surface area (TPSA) is 38.7 Å². The number of rotatable bonds is 3. The minimum atomic E-state index is 0.380. The van der Waals surface area contributed by atoms with Crippen molar-refractivity contribution in [2.45, 2.75) is 6.42 Å². The molecule has 21 heavy (non-hydrogen) atoms. The zero-order valence-electron chi connectivity index (χ0n) is 11.0. The second-order valence-electron chi connectivity index (χ2n) is 4.51. The normalized spacial score (nSPS) is 10.6. The summed E-state index contributed by atoms with van der Waals surface area (Å²) in [5.74, 6) is 0.504. The van der Waals surface area contributed by atoms with Gasteiger partial charge >= 0.3 is 0 Å².